The zero-order valence-electron chi connectivity index (χ0n) is 9.69. The second-order valence-electron chi connectivity index (χ2n) is 4.18. The minimum absolute atomic E-state index is 0.332. The molecule has 0 aromatic heterocycles. The van der Waals surface area contributed by atoms with Crippen LogP contribution in [0.5, 0.6) is 0 Å². The van der Waals surface area contributed by atoms with Crippen molar-refractivity contribution in [3.05, 3.63) is 63.6 Å². The fourth-order valence-corrected chi connectivity index (χ4v) is 2.57. The Labute approximate surface area is 120 Å². The topological polar surface area (TPSA) is 38.3 Å². The zero-order valence-corrected chi connectivity index (χ0v) is 11.2. The van der Waals surface area contributed by atoms with E-state index in [0.717, 1.165) is 5.56 Å². The number of anilines is 1. The van der Waals surface area contributed by atoms with Crippen molar-refractivity contribution in [1.29, 1.82) is 0 Å². The maximum absolute atomic E-state index is 11.7. The number of nitrogens with one attached hydrogen (secondary N) is 1. The standard InChI is InChI=1S/C14H9Cl2NO2/c15-8-5-9(16)7-10(6-8)17-13-11-3-1-2-4-12(11)14(18)19-13/h1-7,13,17H/t13-/m1/s1. The molecule has 19 heavy (non-hydrogen) atoms. The van der Waals surface area contributed by atoms with Gasteiger partial charge < -0.3 is 10.1 Å². The van der Waals surface area contributed by atoms with Gasteiger partial charge >= 0.3 is 5.97 Å². The Morgan fingerprint density at radius 2 is 1.74 bits per heavy atom. The third-order valence-electron chi connectivity index (χ3n) is 2.85. The highest BCUT2D eigenvalue weighted by Crippen LogP contribution is 2.32. The smallest absolute Gasteiger partial charge is 0.340 e. The molecule has 1 N–H and O–H groups in total. The van der Waals surface area contributed by atoms with Gasteiger partial charge in [0, 0.05) is 21.3 Å². The molecule has 1 aliphatic heterocycles. The maximum atomic E-state index is 11.7. The van der Waals surface area contributed by atoms with Crippen LogP contribution in [0.2, 0.25) is 10.0 Å². The van der Waals surface area contributed by atoms with E-state index >= 15 is 0 Å². The molecular weight excluding hydrogens is 285 g/mol. The molecule has 3 rings (SSSR count). The Morgan fingerprint density at radius 3 is 2.47 bits per heavy atom. The lowest BCUT2D eigenvalue weighted by Gasteiger charge is -2.14. The lowest BCUT2D eigenvalue weighted by Crippen LogP contribution is -2.10. The number of hydrogen-bond donors (Lipinski definition) is 1. The quantitative estimate of drug-likeness (QED) is 0.840. The van der Waals surface area contributed by atoms with Gasteiger partial charge in [-0.3, -0.25) is 0 Å². The zero-order chi connectivity index (χ0) is 13.4. The van der Waals surface area contributed by atoms with Crippen LogP contribution in [0.3, 0.4) is 0 Å². The summed E-state index contributed by atoms with van der Waals surface area (Å²) in [4.78, 5) is 11.7. The van der Waals surface area contributed by atoms with Gasteiger partial charge in [0.15, 0.2) is 0 Å². The molecule has 0 radical (unpaired) electrons. The molecule has 0 bridgehead atoms. The molecule has 96 valence electrons. The van der Waals surface area contributed by atoms with Crippen molar-refractivity contribution in [2.45, 2.75) is 6.23 Å². The lowest BCUT2D eigenvalue weighted by molar-refractivity contribution is 0.0437. The van der Waals surface area contributed by atoms with E-state index < -0.39 is 6.23 Å². The third kappa shape index (κ3) is 2.39. The molecule has 0 unspecified atom stereocenters. The number of esters is 1. The highest BCUT2D eigenvalue weighted by atomic mass is 35.5. The van der Waals surface area contributed by atoms with Crippen molar-refractivity contribution in [2.24, 2.45) is 0 Å². The molecule has 5 heteroatoms. The van der Waals surface area contributed by atoms with Gasteiger partial charge in [-0.25, -0.2) is 4.79 Å². The molecule has 2 aromatic carbocycles. The Morgan fingerprint density at radius 1 is 1.05 bits per heavy atom. The third-order valence-corrected chi connectivity index (χ3v) is 3.28. The number of cyclic esters (lactones) is 1. The summed E-state index contributed by atoms with van der Waals surface area (Å²) in [6.07, 6.45) is -0.516. The number of ether oxygens (including phenoxy) is 1. The minimum atomic E-state index is -0.516. The molecule has 3 nitrogen and oxygen atoms in total. The summed E-state index contributed by atoms with van der Waals surface area (Å²) in [6.45, 7) is 0. The molecule has 0 fully saturated rings. The van der Waals surface area contributed by atoms with Gasteiger partial charge in [0.2, 0.25) is 6.23 Å². The predicted molar refractivity (Wildman–Crippen MR) is 74.7 cm³/mol. The van der Waals surface area contributed by atoms with Gasteiger partial charge in [0.05, 0.1) is 5.56 Å². The average molecular weight is 294 g/mol. The number of fused-ring (bicyclic) bond motifs is 1. The van der Waals surface area contributed by atoms with E-state index in [9.17, 15) is 4.79 Å². The van der Waals surface area contributed by atoms with Crippen molar-refractivity contribution >= 4 is 34.9 Å². The highest BCUT2D eigenvalue weighted by molar-refractivity contribution is 6.35. The Bertz CT molecular complexity index is 637. The molecule has 1 atom stereocenters. The van der Waals surface area contributed by atoms with Crippen LogP contribution >= 0.6 is 23.2 Å². The number of carbonyl (C=O) groups excluding carboxylic acids is 1. The normalized spacial score (nSPS) is 16.9. The number of hydrogen-bond acceptors (Lipinski definition) is 3. The summed E-state index contributed by atoms with van der Waals surface area (Å²) < 4.78 is 5.28. The summed E-state index contributed by atoms with van der Waals surface area (Å²) in [7, 11) is 0. The SMILES string of the molecule is O=C1O[C@@H](Nc2cc(Cl)cc(Cl)c2)c2ccccc21. The van der Waals surface area contributed by atoms with Gasteiger partial charge in [0.25, 0.3) is 0 Å². The fourth-order valence-electron chi connectivity index (χ4n) is 2.04. The largest absolute Gasteiger partial charge is 0.434 e. The summed E-state index contributed by atoms with van der Waals surface area (Å²) in [6, 6.07) is 12.3. The van der Waals surface area contributed by atoms with E-state index in [1.165, 1.54) is 0 Å². The van der Waals surface area contributed by atoms with Crippen molar-refractivity contribution in [3.8, 4) is 0 Å². The first-order chi connectivity index (χ1) is 9.13. The van der Waals surface area contributed by atoms with E-state index in [-0.39, 0.29) is 5.97 Å². The lowest BCUT2D eigenvalue weighted by atomic mass is 10.1. The molecule has 1 heterocycles. The predicted octanol–water partition coefficient (Wildman–Crippen LogP) is 4.27. The Hall–Kier alpha value is -1.71. The van der Waals surface area contributed by atoms with Gasteiger partial charge in [0.1, 0.15) is 0 Å². The second-order valence-corrected chi connectivity index (χ2v) is 5.05. The van der Waals surface area contributed by atoms with Crippen molar-refractivity contribution < 1.29 is 9.53 Å². The van der Waals surface area contributed by atoms with E-state index in [2.05, 4.69) is 5.32 Å². The van der Waals surface area contributed by atoms with Gasteiger partial charge in [-0.05, 0) is 24.3 Å². The molecule has 0 amide bonds. The highest BCUT2D eigenvalue weighted by Gasteiger charge is 2.30. The second kappa shape index (κ2) is 4.76. The summed E-state index contributed by atoms with van der Waals surface area (Å²) in [5, 5.41) is 4.14. The van der Waals surface area contributed by atoms with Crippen LogP contribution in [-0.2, 0) is 4.74 Å². The number of halogens is 2. The summed E-state index contributed by atoms with van der Waals surface area (Å²) >= 11 is 11.9. The molecule has 0 spiro atoms. The van der Waals surface area contributed by atoms with Crippen LogP contribution in [0.4, 0.5) is 5.69 Å². The van der Waals surface area contributed by atoms with Gasteiger partial charge in [-0.15, -0.1) is 0 Å². The molecule has 0 aliphatic carbocycles. The van der Waals surface area contributed by atoms with Crippen LogP contribution in [0, 0.1) is 0 Å². The first kappa shape index (κ1) is 12.3. The number of carbonyl (C=O) groups is 1. The van der Waals surface area contributed by atoms with Crippen LogP contribution in [0.25, 0.3) is 0 Å². The first-order valence-corrected chi connectivity index (χ1v) is 6.41. The molecule has 0 saturated carbocycles. The number of rotatable bonds is 2. The Kier molecular flexibility index (Phi) is 3.09. The van der Waals surface area contributed by atoms with Gasteiger partial charge in [-0.2, -0.15) is 0 Å². The molecular formula is C14H9Cl2NO2. The summed E-state index contributed by atoms with van der Waals surface area (Å²) in [5.74, 6) is -0.332. The van der Waals surface area contributed by atoms with Crippen molar-refractivity contribution in [1.82, 2.24) is 0 Å². The van der Waals surface area contributed by atoms with E-state index in [0.29, 0.717) is 21.3 Å². The minimum Gasteiger partial charge on any atom is -0.434 e. The van der Waals surface area contributed by atoms with E-state index in [4.69, 9.17) is 27.9 Å². The van der Waals surface area contributed by atoms with E-state index in [1.807, 2.05) is 12.1 Å². The fraction of sp³-hybridized carbons (Fsp3) is 0.0714. The molecule has 0 saturated heterocycles. The molecule has 1 aliphatic rings. The van der Waals surface area contributed by atoms with Crippen LogP contribution in [0.1, 0.15) is 22.1 Å². The number of benzene rings is 2. The van der Waals surface area contributed by atoms with Gasteiger partial charge in [-0.1, -0.05) is 41.4 Å². The van der Waals surface area contributed by atoms with Crippen LogP contribution in [-0.4, -0.2) is 5.97 Å². The maximum Gasteiger partial charge on any atom is 0.340 e. The van der Waals surface area contributed by atoms with Crippen molar-refractivity contribution in [3.63, 3.8) is 0 Å². The average Bonchev–Trinajstić information content (AvgIpc) is 2.66. The summed E-state index contributed by atoms with van der Waals surface area (Å²) in [5.41, 5.74) is 2.09. The van der Waals surface area contributed by atoms with Crippen molar-refractivity contribution in [2.75, 3.05) is 5.32 Å². The molecule has 2 aromatic rings. The monoisotopic (exact) mass is 293 g/mol. The van der Waals surface area contributed by atoms with Crippen LogP contribution in [0.15, 0.2) is 42.5 Å². The Balaban J connectivity index is 1.91. The van der Waals surface area contributed by atoms with E-state index in [1.54, 1.807) is 30.3 Å². The first-order valence-electron chi connectivity index (χ1n) is 5.66. The van der Waals surface area contributed by atoms with Crippen LogP contribution < -0.4 is 5.32 Å².